The second-order valence-corrected chi connectivity index (χ2v) is 7.90. The van der Waals surface area contributed by atoms with Gasteiger partial charge < -0.3 is 19.9 Å². The fourth-order valence-electron chi connectivity index (χ4n) is 3.90. The Balaban J connectivity index is 0.00000338. The first-order valence-corrected chi connectivity index (χ1v) is 9.99. The number of halogens is 1. The van der Waals surface area contributed by atoms with Crippen molar-refractivity contribution in [2.24, 2.45) is 16.8 Å². The first kappa shape index (κ1) is 23.9. The molecule has 0 aromatic heterocycles. The molecule has 0 aromatic rings. The predicted octanol–water partition coefficient (Wildman–Crippen LogP) is 1.81. The molecule has 2 aliphatic heterocycles. The summed E-state index contributed by atoms with van der Waals surface area (Å²) >= 11 is 0. The van der Waals surface area contributed by atoms with Crippen molar-refractivity contribution in [3.63, 3.8) is 0 Å². The topological polar surface area (TPSA) is 43.3 Å². The molecule has 0 aromatic carbocycles. The Morgan fingerprint density at radius 1 is 1.19 bits per heavy atom. The molecule has 0 bridgehead atoms. The predicted molar refractivity (Wildman–Crippen MR) is 121 cm³/mol. The third kappa shape index (κ3) is 7.13. The Labute approximate surface area is 177 Å². The first-order valence-electron chi connectivity index (χ1n) is 9.99. The molecule has 6 nitrogen and oxygen atoms in total. The van der Waals surface area contributed by atoms with Gasteiger partial charge in [0.15, 0.2) is 5.96 Å². The molecular formula is C19H40IN5O. The molecule has 7 heteroatoms. The SMILES string of the molecule is CCNC(=NCC(C(C)C)N1CCN(C)CC1)N1CCC(COC)C1.I. The third-order valence-corrected chi connectivity index (χ3v) is 5.53. The fourth-order valence-corrected chi connectivity index (χ4v) is 3.90. The molecule has 0 saturated carbocycles. The van der Waals surface area contributed by atoms with Crippen LogP contribution in [0.3, 0.4) is 0 Å². The zero-order chi connectivity index (χ0) is 18.2. The van der Waals surface area contributed by atoms with E-state index in [2.05, 4.69) is 47.8 Å². The van der Waals surface area contributed by atoms with Crippen LogP contribution < -0.4 is 5.32 Å². The van der Waals surface area contributed by atoms with Gasteiger partial charge in [0.25, 0.3) is 0 Å². The molecule has 2 aliphatic rings. The van der Waals surface area contributed by atoms with Crippen molar-refractivity contribution in [2.45, 2.75) is 33.2 Å². The summed E-state index contributed by atoms with van der Waals surface area (Å²) in [5, 5.41) is 3.50. The number of ether oxygens (including phenoxy) is 1. The van der Waals surface area contributed by atoms with Crippen molar-refractivity contribution in [1.29, 1.82) is 0 Å². The number of aliphatic imine (C=N–C) groups is 1. The Kier molecular flexibility index (Phi) is 11.4. The van der Waals surface area contributed by atoms with Crippen LogP contribution in [0.2, 0.25) is 0 Å². The minimum absolute atomic E-state index is 0. The lowest BCUT2D eigenvalue weighted by molar-refractivity contribution is 0.0924. The summed E-state index contributed by atoms with van der Waals surface area (Å²) in [4.78, 5) is 12.5. The minimum Gasteiger partial charge on any atom is -0.384 e. The van der Waals surface area contributed by atoms with E-state index in [0.29, 0.717) is 17.9 Å². The molecule has 0 aliphatic carbocycles. The summed E-state index contributed by atoms with van der Waals surface area (Å²) in [5.74, 6) is 2.34. The molecule has 2 rings (SSSR count). The highest BCUT2D eigenvalue weighted by molar-refractivity contribution is 14.0. The van der Waals surface area contributed by atoms with E-state index < -0.39 is 0 Å². The third-order valence-electron chi connectivity index (χ3n) is 5.53. The molecule has 1 N–H and O–H groups in total. The maximum Gasteiger partial charge on any atom is 0.193 e. The van der Waals surface area contributed by atoms with E-state index in [1.54, 1.807) is 7.11 Å². The smallest absolute Gasteiger partial charge is 0.193 e. The van der Waals surface area contributed by atoms with Gasteiger partial charge in [0.05, 0.1) is 13.2 Å². The normalized spacial score (nSPS) is 24.0. The number of likely N-dealkylation sites (N-methyl/N-ethyl adjacent to an activating group) is 1. The van der Waals surface area contributed by atoms with E-state index in [-0.39, 0.29) is 24.0 Å². The minimum atomic E-state index is 0. The zero-order valence-corrected chi connectivity index (χ0v) is 19.7. The molecule has 26 heavy (non-hydrogen) atoms. The van der Waals surface area contributed by atoms with Gasteiger partial charge in [-0.1, -0.05) is 13.8 Å². The van der Waals surface area contributed by atoms with Crippen molar-refractivity contribution in [1.82, 2.24) is 20.0 Å². The van der Waals surface area contributed by atoms with Gasteiger partial charge in [0.2, 0.25) is 0 Å². The van der Waals surface area contributed by atoms with Crippen molar-refractivity contribution >= 4 is 29.9 Å². The fraction of sp³-hybridized carbons (Fsp3) is 0.947. The van der Waals surface area contributed by atoms with E-state index in [1.165, 1.54) is 6.42 Å². The number of guanidine groups is 1. The number of piperazine rings is 1. The van der Waals surface area contributed by atoms with Gasteiger partial charge in [-0.25, -0.2) is 0 Å². The first-order chi connectivity index (χ1) is 12.0. The molecule has 2 saturated heterocycles. The van der Waals surface area contributed by atoms with Crippen molar-refractivity contribution < 1.29 is 4.74 Å². The van der Waals surface area contributed by atoms with Crippen molar-refractivity contribution in [3.8, 4) is 0 Å². The standard InChI is InChI=1S/C19H39N5O.HI/c1-6-20-19(24-8-7-17(14-24)15-25-5)21-13-18(16(2)3)23-11-9-22(4)10-12-23;/h16-18H,6-15H2,1-5H3,(H,20,21);1H. The quantitative estimate of drug-likeness (QED) is 0.342. The average molecular weight is 481 g/mol. The maximum absolute atomic E-state index is 5.33. The van der Waals surface area contributed by atoms with Crippen LogP contribution in [0.15, 0.2) is 4.99 Å². The largest absolute Gasteiger partial charge is 0.384 e. The second-order valence-electron chi connectivity index (χ2n) is 7.90. The van der Waals surface area contributed by atoms with Crippen LogP contribution in [0, 0.1) is 11.8 Å². The summed E-state index contributed by atoms with van der Waals surface area (Å²) in [6.45, 7) is 16.3. The summed E-state index contributed by atoms with van der Waals surface area (Å²) in [6.07, 6.45) is 1.20. The molecule has 0 spiro atoms. The summed E-state index contributed by atoms with van der Waals surface area (Å²) in [5.41, 5.74) is 0. The Hall–Kier alpha value is -0.120. The van der Waals surface area contributed by atoms with E-state index in [1.807, 2.05) is 0 Å². The molecule has 0 radical (unpaired) electrons. The number of rotatable bonds is 7. The number of hydrogen-bond acceptors (Lipinski definition) is 4. The molecule has 154 valence electrons. The van der Waals surface area contributed by atoms with Crippen LogP contribution in [0.1, 0.15) is 27.2 Å². The summed E-state index contributed by atoms with van der Waals surface area (Å²) in [7, 11) is 4.01. The number of nitrogens with zero attached hydrogens (tertiary/aromatic N) is 4. The van der Waals surface area contributed by atoms with Crippen molar-refractivity contribution in [2.75, 3.05) is 73.1 Å². The lowest BCUT2D eigenvalue weighted by Gasteiger charge is -2.39. The maximum atomic E-state index is 5.33. The summed E-state index contributed by atoms with van der Waals surface area (Å²) < 4.78 is 5.33. The Bertz CT molecular complexity index is 413. The molecule has 2 heterocycles. The van der Waals surface area contributed by atoms with Gasteiger partial charge in [-0.2, -0.15) is 0 Å². The molecular weight excluding hydrogens is 441 g/mol. The van der Waals surface area contributed by atoms with Gasteiger partial charge in [0, 0.05) is 64.9 Å². The van der Waals surface area contributed by atoms with Crippen LogP contribution in [0.25, 0.3) is 0 Å². The Morgan fingerprint density at radius 2 is 1.88 bits per heavy atom. The molecule has 2 unspecified atom stereocenters. The van der Waals surface area contributed by atoms with E-state index >= 15 is 0 Å². The Morgan fingerprint density at radius 3 is 2.46 bits per heavy atom. The van der Waals surface area contributed by atoms with E-state index in [0.717, 1.165) is 64.9 Å². The highest BCUT2D eigenvalue weighted by atomic mass is 127. The van der Waals surface area contributed by atoms with Gasteiger partial charge in [-0.15, -0.1) is 24.0 Å². The van der Waals surface area contributed by atoms with Crippen LogP contribution >= 0.6 is 24.0 Å². The number of nitrogens with one attached hydrogen (secondary N) is 1. The van der Waals surface area contributed by atoms with Crippen molar-refractivity contribution in [3.05, 3.63) is 0 Å². The number of methoxy groups -OCH3 is 1. The molecule has 0 amide bonds. The highest BCUT2D eigenvalue weighted by Crippen LogP contribution is 2.18. The van der Waals surface area contributed by atoms with Crippen LogP contribution in [0.4, 0.5) is 0 Å². The van der Waals surface area contributed by atoms with Gasteiger partial charge in [-0.05, 0) is 26.3 Å². The average Bonchev–Trinajstić information content (AvgIpc) is 3.04. The highest BCUT2D eigenvalue weighted by Gasteiger charge is 2.27. The van der Waals surface area contributed by atoms with Gasteiger partial charge >= 0.3 is 0 Å². The number of hydrogen-bond donors (Lipinski definition) is 1. The second kappa shape index (κ2) is 12.4. The zero-order valence-electron chi connectivity index (χ0n) is 17.4. The van der Waals surface area contributed by atoms with Crippen LogP contribution in [0.5, 0.6) is 0 Å². The monoisotopic (exact) mass is 481 g/mol. The summed E-state index contributed by atoms with van der Waals surface area (Å²) in [6, 6.07) is 0.528. The lowest BCUT2D eigenvalue weighted by Crippen LogP contribution is -2.52. The van der Waals surface area contributed by atoms with E-state index in [9.17, 15) is 0 Å². The lowest BCUT2D eigenvalue weighted by atomic mass is 10.0. The van der Waals surface area contributed by atoms with E-state index in [4.69, 9.17) is 9.73 Å². The van der Waals surface area contributed by atoms with Crippen LogP contribution in [-0.2, 0) is 4.74 Å². The number of likely N-dealkylation sites (tertiary alicyclic amines) is 1. The van der Waals surface area contributed by atoms with Crippen LogP contribution in [-0.4, -0.2) is 99.8 Å². The molecule has 2 fully saturated rings. The molecule has 2 atom stereocenters. The van der Waals surface area contributed by atoms with Gasteiger partial charge in [-0.3, -0.25) is 9.89 Å². The van der Waals surface area contributed by atoms with Gasteiger partial charge in [0.1, 0.15) is 0 Å².